The van der Waals surface area contributed by atoms with Crippen LogP contribution >= 0.6 is 22.9 Å². The van der Waals surface area contributed by atoms with Gasteiger partial charge in [0.15, 0.2) is 5.82 Å². The number of fused-ring (bicyclic) bond motifs is 3. The van der Waals surface area contributed by atoms with Gasteiger partial charge >= 0.3 is 12.1 Å². The van der Waals surface area contributed by atoms with Crippen LogP contribution in [0.2, 0.25) is 5.02 Å². The van der Waals surface area contributed by atoms with Crippen LogP contribution in [0, 0.1) is 23.0 Å². The number of benzene rings is 2. The number of alkyl halides is 1. The standard InChI is InChI=1S/C32H32ClF3N6O4S/c1-31(2,3)46-30(44)41-28-19(13-37)22-17(5-6-21(35)26(22)47-28)23-20(33)11-18-25(24(23)36)39-29(40-27(18)38-8-10-43)45-15-32-7-4-9-42(32)14-16(34)12-32/h5-6,11,16,43H,4,7-10,12,14-15H2,1-3H3,(H,41,44)(H,38,39,40)/t16-,32+/m1/s1. The van der Waals surface area contributed by atoms with Crippen LogP contribution in [0.5, 0.6) is 6.01 Å². The van der Waals surface area contributed by atoms with Gasteiger partial charge in [-0.2, -0.15) is 15.2 Å². The van der Waals surface area contributed by atoms with Crippen LogP contribution in [0.3, 0.4) is 0 Å². The van der Waals surface area contributed by atoms with Gasteiger partial charge < -0.3 is 19.9 Å². The van der Waals surface area contributed by atoms with E-state index in [0.717, 1.165) is 36.8 Å². The Labute approximate surface area is 277 Å². The van der Waals surface area contributed by atoms with Gasteiger partial charge in [0.1, 0.15) is 46.6 Å². The first-order valence-corrected chi connectivity index (χ1v) is 16.3. The third kappa shape index (κ3) is 6.25. The molecule has 2 saturated heterocycles. The molecule has 0 saturated carbocycles. The molecule has 6 rings (SSSR count). The number of ether oxygens (including phenoxy) is 2. The van der Waals surface area contributed by atoms with Crippen LogP contribution in [-0.4, -0.2) is 76.2 Å². The summed E-state index contributed by atoms with van der Waals surface area (Å²) >= 11 is 7.51. The van der Waals surface area contributed by atoms with Gasteiger partial charge in [-0.15, -0.1) is 11.3 Å². The second-order valence-electron chi connectivity index (χ2n) is 12.7. The van der Waals surface area contributed by atoms with Crippen LogP contribution in [0.15, 0.2) is 18.2 Å². The normalized spacial score (nSPS) is 19.6. The van der Waals surface area contributed by atoms with Crippen molar-refractivity contribution in [3.8, 4) is 23.2 Å². The first-order valence-electron chi connectivity index (χ1n) is 15.1. The Bertz CT molecular complexity index is 1930. The molecule has 1 amide bonds. The van der Waals surface area contributed by atoms with E-state index in [2.05, 4.69) is 25.5 Å². The van der Waals surface area contributed by atoms with Gasteiger partial charge in [-0.3, -0.25) is 10.2 Å². The second-order valence-corrected chi connectivity index (χ2v) is 14.1. The zero-order chi connectivity index (χ0) is 33.7. The van der Waals surface area contributed by atoms with E-state index in [0.29, 0.717) is 13.0 Å². The van der Waals surface area contributed by atoms with Gasteiger partial charge in [-0.25, -0.2) is 18.0 Å². The smallest absolute Gasteiger partial charge is 0.412 e. The lowest BCUT2D eigenvalue weighted by Gasteiger charge is -2.30. The van der Waals surface area contributed by atoms with Crippen LogP contribution in [0.4, 0.5) is 28.8 Å². The number of rotatable bonds is 8. The number of carbonyl (C=O) groups is 1. The monoisotopic (exact) mass is 688 g/mol. The molecule has 2 aromatic carbocycles. The molecule has 0 radical (unpaired) electrons. The molecule has 248 valence electrons. The lowest BCUT2D eigenvalue weighted by atomic mass is 9.95. The average molecular weight is 689 g/mol. The summed E-state index contributed by atoms with van der Waals surface area (Å²) in [5, 5.41) is 25.2. The van der Waals surface area contributed by atoms with Gasteiger partial charge in [0.2, 0.25) is 0 Å². The number of thiophene rings is 1. The first-order chi connectivity index (χ1) is 22.3. The van der Waals surface area contributed by atoms with E-state index in [4.69, 9.17) is 21.1 Å². The highest BCUT2D eigenvalue weighted by Gasteiger charge is 2.49. The Balaban J connectivity index is 1.46. The second kappa shape index (κ2) is 12.6. The summed E-state index contributed by atoms with van der Waals surface area (Å²) in [4.78, 5) is 23.4. The van der Waals surface area contributed by atoms with Crippen molar-refractivity contribution in [3.05, 3.63) is 40.4 Å². The fourth-order valence-corrected chi connectivity index (χ4v) is 7.78. The van der Waals surface area contributed by atoms with Crippen LogP contribution in [0.1, 0.15) is 45.6 Å². The summed E-state index contributed by atoms with van der Waals surface area (Å²) in [6, 6.07) is 5.72. The Kier molecular flexibility index (Phi) is 8.86. The minimum Gasteiger partial charge on any atom is -0.461 e. The maximum Gasteiger partial charge on any atom is 0.412 e. The quantitative estimate of drug-likeness (QED) is 0.179. The molecule has 2 atom stereocenters. The van der Waals surface area contributed by atoms with Crippen molar-refractivity contribution in [2.24, 2.45) is 0 Å². The van der Waals surface area contributed by atoms with Gasteiger partial charge in [-0.05, 0) is 57.9 Å². The minimum atomic E-state index is -0.969. The van der Waals surface area contributed by atoms with Crippen LogP contribution < -0.4 is 15.4 Å². The molecule has 3 N–H and O–H groups in total. The minimum absolute atomic E-state index is 0.000730. The van der Waals surface area contributed by atoms with E-state index in [1.807, 2.05) is 6.07 Å². The maximum atomic E-state index is 16.7. The number of nitrogens with one attached hydrogen (secondary N) is 2. The SMILES string of the molecule is CC(C)(C)OC(=O)Nc1sc2c(F)ccc(-c3c(Cl)cc4c(NCCO)nc(OC[C@@]56CCCN5C[C@H](F)C6)nc4c3F)c2c1C#N. The molecule has 2 aliphatic heterocycles. The van der Waals surface area contributed by atoms with Crippen molar-refractivity contribution < 1.29 is 32.5 Å². The number of halogens is 4. The number of carbonyl (C=O) groups excluding carboxylic acids is 1. The number of nitrogens with zero attached hydrogens (tertiary/aromatic N) is 4. The summed E-state index contributed by atoms with van der Waals surface area (Å²) in [5.41, 5.74) is -1.66. The number of anilines is 2. The third-order valence-electron chi connectivity index (χ3n) is 8.28. The predicted molar refractivity (Wildman–Crippen MR) is 174 cm³/mol. The number of aliphatic hydroxyl groups is 1. The van der Waals surface area contributed by atoms with Crippen molar-refractivity contribution in [2.45, 2.75) is 57.3 Å². The summed E-state index contributed by atoms with van der Waals surface area (Å²) in [6.07, 6.45) is 0.158. The molecule has 2 aromatic heterocycles. The molecule has 47 heavy (non-hydrogen) atoms. The van der Waals surface area contributed by atoms with E-state index in [-0.39, 0.29) is 79.3 Å². The molecule has 0 bridgehead atoms. The molecule has 4 heterocycles. The van der Waals surface area contributed by atoms with Gasteiger partial charge in [0, 0.05) is 35.8 Å². The summed E-state index contributed by atoms with van der Waals surface area (Å²) in [5.74, 6) is -1.42. The molecule has 0 unspecified atom stereocenters. The Morgan fingerprint density at radius 1 is 1.32 bits per heavy atom. The molecule has 15 heteroatoms. The van der Waals surface area contributed by atoms with E-state index < -0.39 is 35.0 Å². The maximum absolute atomic E-state index is 16.7. The lowest BCUT2D eigenvalue weighted by molar-refractivity contribution is 0.0636. The van der Waals surface area contributed by atoms with E-state index in [1.165, 1.54) is 12.1 Å². The number of nitriles is 1. The summed E-state index contributed by atoms with van der Waals surface area (Å²) < 4.78 is 57.6. The zero-order valence-electron chi connectivity index (χ0n) is 25.8. The molecular weight excluding hydrogens is 657 g/mol. The molecule has 4 aromatic rings. The van der Waals surface area contributed by atoms with Crippen molar-refractivity contribution in [2.75, 3.05) is 43.5 Å². The van der Waals surface area contributed by atoms with Gasteiger partial charge in [0.05, 0.1) is 27.4 Å². The number of hydrogen-bond acceptors (Lipinski definition) is 10. The molecule has 10 nitrogen and oxygen atoms in total. The predicted octanol–water partition coefficient (Wildman–Crippen LogP) is 7.02. The summed E-state index contributed by atoms with van der Waals surface area (Å²) in [6.45, 7) is 6.06. The van der Waals surface area contributed by atoms with Crippen molar-refractivity contribution in [1.82, 2.24) is 14.9 Å². The lowest BCUT2D eigenvalue weighted by Crippen LogP contribution is -2.43. The number of aromatic nitrogens is 2. The fraction of sp³-hybridized carbons (Fsp3) is 0.438. The van der Waals surface area contributed by atoms with Crippen molar-refractivity contribution in [3.63, 3.8) is 0 Å². The third-order valence-corrected chi connectivity index (χ3v) is 9.70. The average Bonchev–Trinajstić information content (AvgIpc) is 3.65. The van der Waals surface area contributed by atoms with Crippen molar-refractivity contribution in [1.29, 1.82) is 5.26 Å². The Morgan fingerprint density at radius 3 is 2.83 bits per heavy atom. The molecule has 2 aliphatic rings. The van der Waals surface area contributed by atoms with E-state index in [1.54, 1.807) is 20.8 Å². The van der Waals surface area contributed by atoms with Crippen LogP contribution in [0.25, 0.3) is 32.1 Å². The fourth-order valence-electron chi connectivity index (χ4n) is 6.41. The summed E-state index contributed by atoms with van der Waals surface area (Å²) in [7, 11) is 0. The van der Waals surface area contributed by atoms with E-state index >= 15 is 8.78 Å². The highest BCUT2D eigenvalue weighted by molar-refractivity contribution is 7.23. The number of aliphatic hydroxyl groups excluding tert-OH is 1. The molecule has 2 fully saturated rings. The molecule has 0 aliphatic carbocycles. The van der Waals surface area contributed by atoms with Gasteiger partial charge in [-0.1, -0.05) is 17.7 Å². The van der Waals surface area contributed by atoms with Crippen molar-refractivity contribution >= 4 is 60.8 Å². The topological polar surface area (TPSA) is 133 Å². The Hall–Kier alpha value is -3.90. The zero-order valence-corrected chi connectivity index (χ0v) is 27.4. The van der Waals surface area contributed by atoms with Gasteiger partial charge in [0.25, 0.3) is 0 Å². The number of hydrogen-bond donors (Lipinski definition) is 3. The highest BCUT2D eigenvalue weighted by Crippen LogP contribution is 2.46. The Morgan fingerprint density at radius 2 is 2.11 bits per heavy atom. The first kappa shape index (κ1) is 33.0. The molecular formula is C32H32ClF3N6O4S. The highest BCUT2D eigenvalue weighted by atomic mass is 35.5. The van der Waals surface area contributed by atoms with E-state index in [9.17, 15) is 19.6 Å². The van der Waals surface area contributed by atoms with Crippen LogP contribution in [-0.2, 0) is 4.74 Å². The largest absolute Gasteiger partial charge is 0.461 e. The number of amides is 1. The molecule has 0 spiro atoms.